The van der Waals surface area contributed by atoms with E-state index in [1.807, 2.05) is 38.1 Å². The van der Waals surface area contributed by atoms with Gasteiger partial charge >= 0.3 is 0 Å². The Bertz CT molecular complexity index is 1100. The van der Waals surface area contributed by atoms with Gasteiger partial charge in [-0.25, -0.2) is 4.98 Å². The molecule has 3 rings (SSSR count). The fourth-order valence-corrected chi connectivity index (χ4v) is 3.99. The Balaban J connectivity index is 1.81. The number of carbonyl (C=O) groups is 1. The number of carbonyl (C=O) groups excluding carboxylic acids is 1. The average molecular weight is 446 g/mol. The summed E-state index contributed by atoms with van der Waals surface area (Å²) < 4.78 is 7.00. The highest BCUT2D eigenvalue weighted by molar-refractivity contribution is 7.99. The number of nitrogens with zero attached hydrogens (tertiary/aromatic N) is 2. The van der Waals surface area contributed by atoms with Gasteiger partial charge in [0.1, 0.15) is 0 Å². The molecule has 1 N–H and O–H groups in total. The summed E-state index contributed by atoms with van der Waals surface area (Å²) in [6, 6.07) is 12.6. The Labute approximate surface area is 184 Å². The number of thioether (sulfide) groups is 1. The van der Waals surface area contributed by atoms with Crippen LogP contribution in [0.25, 0.3) is 10.9 Å². The molecule has 0 aliphatic carbocycles. The lowest BCUT2D eigenvalue weighted by atomic mass is 10.2. The number of fused-ring (bicyclic) bond motifs is 1. The molecule has 158 valence electrons. The van der Waals surface area contributed by atoms with E-state index in [1.54, 1.807) is 22.8 Å². The molecule has 0 aliphatic rings. The second-order valence-corrected chi connectivity index (χ2v) is 8.15. The van der Waals surface area contributed by atoms with Crippen LogP contribution in [0.1, 0.15) is 18.9 Å². The average Bonchev–Trinajstić information content (AvgIpc) is 2.71. The topological polar surface area (TPSA) is 73.2 Å². The van der Waals surface area contributed by atoms with Crippen molar-refractivity contribution in [2.45, 2.75) is 32.0 Å². The van der Waals surface area contributed by atoms with Crippen molar-refractivity contribution in [1.29, 1.82) is 0 Å². The number of amides is 1. The van der Waals surface area contributed by atoms with Crippen LogP contribution in [-0.4, -0.2) is 34.4 Å². The third kappa shape index (κ3) is 5.84. The number of aryl methyl sites for hydroxylation is 1. The Morgan fingerprint density at radius 3 is 2.87 bits per heavy atom. The van der Waals surface area contributed by atoms with Gasteiger partial charge < -0.3 is 10.1 Å². The van der Waals surface area contributed by atoms with Crippen LogP contribution in [0.2, 0.25) is 5.02 Å². The molecule has 0 spiro atoms. The minimum absolute atomic E-state index is 0.137. The monoisotopic (exact) mass is 445 g/mol. The normalized spacial score (nSPS) is 11.0. The summed E-state index contributed by atoms with van der Waals surface area (Å²) in [4.78, 5) is 30.1. The van der Waals surface area contributed by atoms with E-state index < -0.39 is 0 Å². The first kappa shape index (κ1) is 22.3. The molecule has 6 nitrogen and oxygen atoms in total. The fourth-order valence-electron chi connectivity index (χ4n) is 3.00. The van der Waals surface area contributed by atoms with E-state index in [4.69, 9.17) is 16.3 Å². The SMILES string of the molecule is CCOCCCn1c(SCC(=O)Nc2cccc(C)c2)nc2cc(Cl)ccc2c1=O. The predicted octanol–water partition coefficient (Wildman–Crippen LogP) is 4.52. The predicted molar refractivity (Wildman–Crippen MR) is 123 cm³/mol. The van der Waals surface area contributed by atoms with Crippen LogP contribution in [-0.2, 0) is 16.1 Å². The summed E-state index contributed by atoms with van der Waals surface area (Å²) in [5.41, 5.74) is 2.19. The van der Waals surface area contributed by atoms with Crippen molar-refractivity contribution in [3.8, 4) is 0 Å². The standard InChI is InChI=1S/C22H24ClN3O3S/c1-3-29-11-5-10-26-21(28)18-9-8-16(23)13-19(18)25-22(26)30-14-20(27)24-17-7-4-6-15(2)12-17/h4,6-9,12-13H,3,5,10-11,14H2,1-2H3,(H,24,27). The number of rotatable bonds is 9. The maximum atomic E-state index is 13.0. The number of ether oxygens (including phenoxy) is 1. The molecule has 0 atom stereocenters. The molecular weight excluding hydrogens is 422 g/mol. The number of aromatic nitrogens is 2. The van der Waals surface area contributed by atoms with Gasteiger partial charge in [0, 0.05) is 30.5 Å². The van der Waals surface area contributed by atoms with E-state index in [0.29, 0.717) is 47.3 Å². The number of nitrogens with one attached hydrogen (secondary N) is 1. The Morgan fingerprint density at radius 1 is 1.27 bits per heavy atom. The number of hydrogen-bond acceptors (Lipinski definition) is 5. The molecule has 1 heterocycles. The van der Waals surface area contributed by atoms with Crippen molar-refractivity contribution in [1.82, 2.24) is 9.55 Å². The van der Waals surface area contributed by atoms with Gasteiger partial charge in [0.15, 0.2) is 5.16 Å². The van der Waals surface area contributed by atoms with E-state index in [9.17, 15) is 9.59 Å². The molecule has 30 heavy (non-hydrogen) atoms. The van der Waals surface area contributed by atoms with Crippen LogP contribution < -0.4 is 10.9 Å². The van der Waals surface area contributed by atoms with E-state index in [2.05, 4.69) is 10.3 Å². The lowest BCUT2D eigenvalue weighted by molar-refractivity contribution is -0.113. The summed E-state index contributed by atoms with van der Waals surface area (Å²) in [5.74, 6) is -0.0235. The molecular formula is C22H24ClN3O3S. The molecule has 0 saturated heterocycles. The molecule has 0 fully saturated rings. The van der Waals surface area contributed by atoms with E-state index in [1.165, 1.54) is 11.8 Å². The molecule has 1 aromatic heterocycles. The molecule has 3 aromatic rings. The summed E-state index contributed by atoms with van der Waals surface area (Å²) in [6.07, 6.45) is 0.678. The van der Waals surface area contributed by atoms with Gasteiger partial charge in [0.2, 0.25) is 5.91 Å². The molecule has 0 saturated carbocycles. The quantitative estimate of drug-likeness (QED) is 0.298. The lowest BCUT2D eigenvalue weighted by Gasteiger charge is -2.13. The number of benzene rings is 2. The smallest absolute Gasteiger partial charge is 0.262 e. The van der Waals surface area contributed by atoms with Crippen molar-refractivity contribution in [2.75, 3.05) is 24.3 Å². The van der Waals surface area contributed by atoms with Crippen LogP contribution in [0.3, 0.4) is 0 Å². The summed E-state index contributed by atoms with van der Waals surface area (Å²) in [5, 5.41) is 4.38. The van der Waals surface area contributed by atoms with E-state index >= 15 is 0 Å². The molecule has 2 aromatic carbocycles. The van der Waals surface area contributed by atoms with Gasteiger partial charge in [-0.05, 0) is 56.2 Å². The first-order valence-electron chi connectivity index (χ1n) is 9.75. The van der Waals surface area contributed by atoms with E-state index in [0.717, 1.165) is 11.3 Å². The first-order chi connectivity index (χ1) is 14.5. The maximum absolute atomic E-state index is 13.0. The van der Waals surface area contributed by atoms with Gasteiger partial charge in [-0.3, -0.25) is 14.2 Å². The third-order valence-corrected chi connectivity index (χ3v) is 5.60. The van der Waals surface area contributed by atoms with Crippen molar-refractivity contribution in [2.24, 2.45) is 0 Å². The summed E-state index contributed by atoms with van der Waals surface area (Å²) in [7, 11) is 0. The summed E-state index contributed by atoms with van der Waals surface area (Å²) >= 11 is 7.31. The van der Waals surface area contributed by atoms with Gasteiger partial charge in [-0.1, -0.05) is 35.5 Å². The molecule has 1 amide bonds. The van der Waals surface area contributed by atoms with Crippen LogP contribution in [0, 0.1) is 6.92 Å². The maximum Gasteiger partial charge on any atom is 0.262 e. The second-order valence-electron chi connectivity index (χ2n) is 6.77. The van der Waals surface area contributed by atoms with E-state index in [-0.39, 0.29) is 17.2 Å². The van der Waals surface area contributed by atoms with Gasteiger partial charge in [-0.15, -0.1) is 0 Å². The zero-order chi connectivity index (χ0) is 21.5. The highest BCUT2D eigenvalue weighted by Crippen LogP contribution is 2.21. The molecule has 0 aliphatic heterocycles. The minimum atomic E-state index is -0.160. The van der Waals surface area contributed by atoms with Gasteiger partial charge in [0.25, 0.3) is 5.56 Å². The number of anilines is 1. The van der Waals surface area contributed by atoms with Gasteiger partial charge in [0.05, 0.1) is 16.7 Å². The Morgan fingerprint density at radius 2 is 2.10 bits per heavy atom. The van der Waals surface area contributed by atoms with Crippen LogP contribution in [0.15, 0.2) is 52.4 Å². The van der Waals surface area contributed by atoms with Crippen LogP contribution >= 0.6 is 23.4 Å². The third-order valence-electron chi connectivity index (χ3n) is 4.39. The highest BCUT2D eigenvalue weighted by atomic mass is 35.5. The Kier molecular flexibility index (Phi) is 7.90. The Hall–Kier alpha value is -2.35. The van der Waals surface area contributed by atoms with Crippen LogP contribution in [0.4, 0.5) is 5.69 Å². The van der Waals surface area contributed by atoms with Crippen LogP contribution in [0.5, 0.6) is 0 Å². The zero-order valence-electron chi connectivity index (χ0n) is 17.0. The number of halogens is 1. The zero-order valence-corrected chi connectivity index (χ0v) is 18.6. The molecule has 0 bridgehead atoms. The van der Waals surface area contributed by atoms with Crippen molar-refractivity contribution in [3.05, 3.63) is 63.4 Å². The van der Waals surface area contributed by atoms with Crippen molar-refractivity contribution in [3.63, 3.8) is 0 Å². The van der Waals surface area contributed by atoms with Crippen molar-refractivity contribution >= 4 is 45.9 Å². The van der Waals surface area contributed by atoms with Crippen molar-refractivity contribution < 1.29 is 9.53 Å². The molecule has 0 radical (unpaired) electrons. The minimum Gasteiger partial charge on any atom is -0.382 e. The number of hydrogen-bond donors (Lipinski definition) is 1. The largest absolute Gasteiger partial charge is 0.382 e. The molecule has 0 unspecified atom stereocenters. The second kappa shape index (κ2) is 10.6. The van der Waals surface area contributed by atoms with Gasteiger partial charge in [-0.2, -0.15) is 0 Å². The summed E-state index contributed by atoms with van der Waals surface area (Å²) in [6.45, 7) is 5.55. The lowest BCUT2D eigenvalue weighted by Crippen LogP contribution is -2.25. The first-order valence-corrected chi connectivity index (χ1v) is 11.1. The fraction of sp³-hybridized carbons (Fsp3) is 0.318. The molecule has 8 heteroatoms. The highest BCUT2D eigenvalue weighted by Gasteiger charge is 2.14.